The Kier molecular flexibility index (Phi) is 3.06. The number of rotatable bonds is 3. The summed E-state index contributed by atoms with van der Waals surface area (Å²) >= 11 is 0. The number of amides is 1. The van der Waals surface area contributed by atoms with Crippen molar-refractivity contribution >= 4 is 5.91 Å². The molecule has 3 heteroatoms. The first-order chi connectivity index (χ1) is 6.81. The number of carbonyl (C=O) groups is 1. The highest BCUT2D eigenvalue weighted by Gasteiger charge is 2.35. The van der Waals surface area contributed by atoms with Gasteiger partial charge in [-0.2, -0.15) is 0 Å². The summed E-state index contributed by atoms with van der Waals surface area (Å²) in [7, 11) is 0. The number of nitrogens with zero attached hydrogens (tertiary/aromatic N) is 1. The van der Waals surface area contributed by atoms with Gasteiger partial charge in [-0.05, 0) is 32.2 Å². The molecule has 1 atom stereocenters. The van der Waals surface area contributed by atoms with E-state index in [0.29, 0.717) is 17.9 Å². The van der Waals surface area contributed by atoms with E-state index in [0.717, 1.165) is 38.9 Å². The average Bonchev–Trinajstić information content (AvgIpc) is 3.01. The van der Waals surface area contributed by atoms with Crippen LogP contribution in [0.25, 0.3) is 0 Å². The van der Waals surface area contributed by atoms with Crippen molar-refractivity contribution < 1.29 is 4.79 Å². The van der Waals surface area contributed by atoms with Gasteiger partial charge in [0.2, 0.25) is 5.91 Å². The minimum atomic E-state index is 0.385. The third-order valence-corrected chi connectivity index (χ3v) is 3.15. The lowest BCUT2D eigenvalue weighted by Gasteiger charge is -2.33. The highest BCUT2D eigenvalue weighted by molar-refractivity contribution is 5.81. The van der Waals surface area contributed by atoms with Crippen LogP contribution in [0, 0.1) is 5.92 Å². The van der Waals surface area contributed by atoms with Crippen molar-refractivity contribution in [3.63, 3.8) is 0 Å². The summed E-state index contributed by atoms with van der Waals surface area (Å²) in [6.07, 6.45) is 4.64. The van der Waals surface area contributed by atoms with Crippen LogP contribution in [0.5, 0.6) is 0 Å². The fourth-order valence-electron chi connectivity index (χ4n) is 2.22. The molecule has 1 unspecified atom stereocenters. The van der Waals surface area contributed by atoms with E-state index in [-0.39, 0.29) is 0 Å². The molecule has 1 amide bonds. The molecule has 0 aromatic rings. The Labute approximate surface area is 85.8 Å². The van der Waals surface area contributed by atoms with Gasteiger partial charge in [0.05, 0.1) is 0 Å². The van der Waals surface area contributed by atoms with Gasteiger partial charge in [0.25, 0.3) is 0 Å². The molecular formula is C11H20N2O. The molecule has 80 valence electrons. The predicted molar refractivity (Wildman–Crippen MR) is 56.0 cm³/mol. The van der Waals surface area contributed by atoms with Crippen LogP contribution in [0.15, 0.2) is 0 Å². The number of nitrogens with one attached hydrogen (secondary N) is 1. The second-order valence-corrected chi connectivity index (χ2v) is 4.46. The minimum absolute atomic E-state index is 0.385. The van der Waals surface area contributed by atoms with Gasteiger partial charge in [-0.3, -0.25) is 4.79 Å². The Bertz CT molecular complexity index is 211. The molecule has 0 spiro atoms. The number of piperidine rings is 1. The van der Waals surface area contributed by atoms with E-state index >= 15 is 0 Å². The zero-order chi connectivity index (χ0) is 9.97. The van der Waals surface area contributed by atoms with Crippen LogP contribution in [0.3, 0.4) is 0 Å². The molecule has 1 saturated heterocycles. The molecule has 2 fully saturated rings. The molecule has 0 aromatic carbocycles. The number of likely N-dealkylation sites (N-methyl/N-ethyl adjacent to an activating group) is 1. The van der Waals surface area contributed by atoms with Crippen LogP contribution in [-0.4, -0.2) is 36.5 Å². The normalized spacial score (nSPS) is 27.8. The van der Waals surface area contributed by atoms with Crippen molar-refractivity contribution in [1.82, 2.24) is 10.2 Å². The van der Waals surface area contributed by atoms with Gasteiger partial charge in [-0.25, -0.2) is 0 Å². The molecule has 2 rings (SSSR count). The van der Waals surface area contributed by atoms with Crippen LogP contribution in [0.4, 0.5) is 0 Å². The highest BCUT2D eigenvalue weighted by atomic mass is 16.2. The Hall–Kier alpha value is -0.570. The first-order valence-corrected chi connectivity index (χ1v) is 5.83. The fraction of sp³-hybridized carbons (Fsp3) is 0.909. The smallest absolute Gasteiger partial charge is 0.225 e. The van der Waals surface area contributed by atoms with Crippen LogP contribution < -0.4 is 5.32 Å². The predicted octanol–water partition coefficient (Wildman–Crippen LogP) is 0.997. The lowest BCUT2D eigenvalue weighted by Crippen LogP contribution is -2.48. The SMILES string of the molecule is CCNC1CCCN(C(=O)C2CC2)C1. The van der Waals surface area contributed by atoms with Gasteiger partial charge >= 0.3 is 0 Å². The zero-order valence-electron chi connectivity index (χ0n) is 8.96. The first kappa shape index (κ1) is 9.97. The average molecular weight is 196 g/mol. The molecule has 1 saturated carbocycles. The van der Waals surface area contributed by atoms with Gasteiger partial charge in [0.15, 0.2) is 0 Å². The molecule has 1 heterocycles. The summed E-state index contributed by atoms with van der Waals surface area (Å²) in [6.45, 7) is 5.05. The molecule has 1 aliphatic carbocycles. The van der Waals surface area contributed by atoms with Crippen molar-refractivity contribution in [3.05, 3.63) is 0 Å². The molecule has 1 aliphatic heterocycles. The molecule has 0 radical (unpaired) electrons. The Morgan fingerprint density at radius 1 is 1.43 bits per heavy atom. The van der Waals surface area contributed by atoms with Crippen LogP contribution in [0.2, 0.25) is 0 Å². The van der Waals surface area contributed by atoms with E-state index in [4.69, 9.17) is 0 Å². The van der Waals surface area contributed by atoms with E-state index in [2.05, 4.69) is 17.1 Å². The second kappa shape index (κ2) is 4.30. The van der Waals surface area contributed by atoms with Gasteiger partial charge in [0.1, 0.15) is 0 Å². The van der Waals surface area contributed by atoms with E-state index in [1.54, 1.807) is 0 Å². The maximum absolute atomic E-state index is 11.8. The van der Waals surface area contributed by atoms with Gasteiger partial charge < -0.3 is 10.2 Å². The molecule has 3 nitrogen and oxygen atoms in total. The lowest BCUT2D eigenvalue weighted by atomic mass is 10.1. The van der Waals surface area contributed by atoms with E-state index in [9.17, 15) is 4.79 Å². The van der Waals surface area contributed by atoms with Crippen molar-refractivity contribution in [2.24, 2.45) is 5.92 Å². The van der Waals surface area contributed by atoms with Crippen molar-refractivity contribution in [2.75, 3.05) is 19.6 Å². The third-order valence-electron chi connectivity index (χ3n) is 3.15. The Morgan fingerprint density at radius 2 is 2.21 bits per heavy atom. The van der Waals surface area contributed by atoms with Gasteiger partial charge in [-0.1, -0.05) is 6.92 Å². The number of hydrogen-bond donors (Lipinski definition) is 1. The number of carbonyl (C=O) groups excluding carboxylic acids is 1. The molecule has 2 aliphatic rings. The van der Waals surface area contributed by atoms with E-state index < -0.39 is 0 Å². The summed E-state index contributed by atoms with van der Waals surface area (Å²) in [5, 5.41) is 3.43. The molecular weight excluding hydrogens is 176 g/mol. The first-order valence-electron chi connectivity index (χ1n) is 5.83. The minimum Gasteiger partial charge on any atom is -0.341 e. The van der Waals surface area contributed by atoms with Crippen molar-refractivity contribution in [2.45, 2.75) is 38.6 Å². The summed E-state index contributed by atoms with van der Waals surface area (Å²) < 4.78 is 0. The quantitative estimate of drug-likeness (QED) is 0.730. The van der Waals surface area contributed by atoms with Gasteiger partial charge in [0, 0.05) is 25.0 Å². The van der Waals surface area contributed by atoms with Crippen LogP contribution >= 0.6 is 0 Å². The molecule has 0 aromatic heterocycles. The topological polar surface area (TPSA) is 32.3 Å². The van der Waals surface area contributed by atoms with Gasteiger partial charge in [-0.15, -0.1) is 0 Å². The van der Waals surface area contributed by atoms with Crippen LogP contribution in [0.1, 0.15) is 32.6 Å². The largest absolute Gasteiger partial charge is 0.341 e. The van der Waals surface area contributed by atoms with E-state index in [1.165, 1.54) is 6.42 Å². The third kappa shape index (κ3) is 2.27. The monoisotopic (exact) mass is 196 g/mol. The zero-order valence-corrected chi connectivity index (χ0v) is 8.96. The fourth-order valence-corrected chi connectivity index (χ4v) is 2.22. The van der Waals surface area contributed by atoms with Crippen molar-refractivity contribution in [3.8, 4) is 0 Å². The standard InChI is InChI=1S/C11H20N2O/c1-2-12-10-4-3-7-13(8-10)11(14)9-5-6-9/h9-10,12H,2-8H2,1H3. The maximum Gasteiger partial charge on any atom is 0.225 e. The molecule has 14 heavy (non-hydrogen) atoms. The summed E-state index contributed by atoms with van der Waals surface area (Å²) in [6, 6.07) is 0.538. The Morgan fingerprint density at radius 3 is 2.86 bits per heavy atom. The summed E-state index contributed by atoms with van der Waals surface area (Å²) in [5.74, 6) is 0.794. The number of likely N-dealkylation sites (tertiary alicyclic amines) is 1. The Balaban J connectivity index is 1.83. The summed E-state index contributed by atoms with van der Waals surface area (Å²) in [4.78, 5) is 13.9. The van der Waals surface area contributed by atoms with Crippen molar-refractivity contribution in [1.29, 1.82) is 0 Å². The van der Waals surface area contributed by atoms with Crippen LogP contribution in [-0.2, 0) is 4.79 Å². The van der Waals surface area contributed by atoms with E-state index in [1.807, 2.05) is 0 Å². The molecule has 1 N–H and O–H groups in total. The lowest BCUT2D eigenvalue weighted by molar-refractivity contribution is -0.133. The summed E-state index contributed by atoms with van der Waals surface area (Å²) in [5.41, 5.74) is 0. The maximum atomic E-state index is 11.8. The second-order valence-electron chi connectivity index (χ2n) is 4.46. The number of hydrogen-bond acceptors (Lipinski definition) is 2. The molecule has 0 bridgehead atoms. The highest BCUT2D eigenvalue weighted by Crippen LogP contribution is 2.31.